The zero-order valence-corrected chi connectivity index (χ0v) is 23.5. The van der Waals surface area contributed by atoms with Gasteiger partial charge in [-0.1, -0.05) is 30.7 Å². The van der Waals surface area contributed by atoms with Crippen molar-refractivity contribution in [3.8, 4) is 17.2 Å². The first-order valence-corrected chi connectivity index (χ1v) is 14.8. The quantitative estimate of drug-likeness (QED) is 0.249. The Labute approximate surface area is 234 Å². The monoisotopic (exact) mass is 528 g/mol. The number of nitrogens with one attached hydrogen (secondary N) is 1. The van der Waals surface area contributed by atoms with Crippen molar-refractivity contribution in [1.29, 1.82) is 0 Å². The van der Waals surface area contributed by atoms with Crippen molar-refractivity contribution in [2.45, 2.75) is 63.7 Å². The van der Waals surface area contributed by atoms with Gasteiger partial charge < -0.3 is 19.9 Å². The van der Waals surface area contributed by atoms with Crippen molar-refractivity contribution in [1.82, 2.24) is 4.90 Å². The first-order chi connectivity index (χ1) is 19.2. The normalized spacial score (nSPS) is 17.4. The van der Waals surface area contributed by atoms with Gasteiger partial charge in [-0.15, -0.1) is 0 Å². The van der Waals surface area contributed by atoms with Crippen LogP contribution in [-0.4, -0.2) is 49.9 Å². The SMILES string of the molecule is COc1ccc(C2CCc3cc(O)ccc3C2)c(NCCCCc2ccc(OCCN3CCCCC3)cc2)c1. The summed E-state index contributed by atoms with van der Waals surface area (Å²) in [5, 5.41) is 13.6. The molecule has 1 atom stereocenters. The predicted molar refractivity (Wildman–Crippen MR) is 160 cm³/mol. The molecule has 1 saturated heterocycles. The van der Waals surface area contributed by atoms with Crippen LogP contribution in [0.4, 0.5) is 5.69 Å². The Balaban J connectivity index is 1.07. The summed E-state index contributed by atoms with van der Waals surface area (Å²) in [6.45, 7) is 5.18. The number of aromatic hydroxyl groups is 1. The minimum absolute atomic E-state index is 0.367. The lowest BCUT2D eigenvalue weighted by molar-refractivity contribution is 0.183. The first-order valence-electron chi connectivity index (χ1n) is 14.8. The number of phenolic OH excluding ortho intramolecular Hbond substituents is 1. The number of phenols is 1. The highest BCUT2D eigenvalue weighted by atomic mass is 16.5. The Kier molecular flexibility index (Phi) is 9.66. The van der Waals surface area contributed by atoms with Gasteiger partial charge in [-0.3, -0.25) is 4.90 Å². The number of likely N-dealkylation sites (tertiary alicyclic amines) is 1. The topological polar surface area (TPSA) is 54.0 Å². The highest BCUT2D eigenvalue weighted by Gasteiger charge is 2.23. The van der Waals surface area contributed by atoms with E-state index in [-0.39, 0.29) is 0 Å². The number of methoxy groups -OCH3 is 1. The second-order valence-corrected chi connectivity index (χ2v) is 11.1. The summed E-state index contributed by atoms with van der Waals surface area (Å²) in [5.41, 5.74) is 6.56. The smallest absolute Gasteiger partial charge is 0.120 e. The molecule has 2 aliphatic rings. The van der Waals surface area contributed by atoms with Crippen LogP contribution in [0.1, 0.15) is 66.7 Å². The van der Waals surface area contributed by atoms with E-state index in [9.17, 15) is 5.11 Å². The number of benzene rings is 3. The maximum atomic E-state index is 9.84. The number of hydrogen-bond acceptors (Lipinski definition) is 5. The standard InChI is InChI=1S/C34H44N2O3/c1-38-32-16-17-33(29-11-10-28-24-30(37)13-12-27(28)23-29)34(25-32)35-18-4-3-7-26-8-14-31(15-9-26)39-22-21-36-19-5-2-6-20-36/h8-9,12-17,24-25,29,35,37H,2-7,10-11,18-23H2,1H3. The Morgan fingerprint density at radius 3 is 2.54 bits per heavy atom. The number of piperidine rings is 1. The molecule has 5 heteroatoms. The zero-order valence-electron chi connectivity index (χ0n) is 23.5. The molecule has 1 heterocycles. The van der Waals surface area contributed by atoms with E-state index in [1.807, 2.05) is 12.1 Å². The average molecular weight is 529 g/mol. The van der Waals surface area contributed by atoms with E-state index in [1.165, 1.54) is 60.3 Å². The molecule has 0 aromatic heterocycles. The second kappa shape index (κ2) is 13.7. The van der Waals surface area contributed by atoms with E-state index < -0.39 is 0 Å². The molecule has 39 heavy (non-hydrogen) atoms. The van der Waals surface area contributed by atoms with Crippen LogP contribution in [0.3, 0.4) is 0 Å². The fraction of sp³-hybridized carbons (Fsp3) is 0.471. The molecule has 208 valence electrons. The molecule has 2 N–H and O–H groups in total. The summed E-state index contributed by atoms with van der Waals surface area (Å²) in [4.78, 5) is 2.51. The lowest BCUT2D eigenvalue weighted by Gasteiger charge is -2.27. The minimum Gasteiger partial charge on any atom is -0.508 e. The van der Waals surface area contributed by atoms with Gasteiger partial charge >= 0.3 is 0 Å². The largest absolute Gasteiger partial charge is 0.508 e. The summed E-state index contributed by atoms with van der Waals surface area (Å²) in [6, 6.07) is 20.9. The van der Waals surface area contributed by atoms with Crippen molar-refractivity contribution in [3.05, 3.63) is 82.9 Å². The van der Waals surface area contributed by atoms with Gasteiger partial charge in [-0.25, -0.2) is 0 Å². The molecule has 1 unspecified atom stereocenters. The van der Waals surface area contributed by atoms with E-state index in [0.717, 1.165) is 69.7 Å². The van der Waals surface area contributed by atoms with Gasteiger partial charge in [0.15, 0.2) is 0 Å². The van der Waals surface area contributed by atoms with Crippen molar-refractivity contribution in [3.63, 3.8) is 0 Å². The fourth-order valence-electron chi connectivity index (χ4n) is 6.08. The number of aryl methyl sites for hydroxylation is 2. The van der Waals surface area contributed by atoms with Crippen molar-refractivity contribution >= 4 is 5.69 Å². The van der Waals surface area contributed by atoms with Crippen LogP contribution in [0.2, 0.25) is 0 Å². The lowest BCUT2D eigenvalue weighted by Crippen LogP contribution is -2.33. The summed E-state index contributed by atoms with van der Waals surface area (Å²) in [7, 11) is 1.73. The fourth-order valence-corrected chi connectivity index (χ4v) is 6.08. The minimum atomic E-state index is 0.367. The van der Waals surface area contributed by atoms with Crippen molar-refractivity contribution in [2.75, 3.05) is 45.2 Å². The van der Waals surface area contributed by atoms with E-state index in [1.54, 1.807) is 7.11 Å². The first kappa shape index (κ1) is 27.4. The van der Waals surface area contributed by atoms with Crippen LogP contribution >= 0.6 is 0 Å². The highest BCUT2D eigenvalue weighted by Crippen LogP contribution is 2.38. The van der Waals surface area contributed by atoms with E-state index in [0.29, 0.717) is 11.7 Å². The van der Waals surface area contributed by atoms with Gasteiger partial charge in [-0.2, -0.15) is 0 Å². The molecule has 1 aliphatic heterocycles. The van der Waals surface area contributed by atoms with Gasteiger partial charge in [0.25, 0.3) is 0 Å². The molecule has 0 saturated carbocycles. The number of unbranched alkanes of at least 4 members (excludes halogenated alkanes) is 1. The van der Waals surface area contributed by atoms with E-state index in [2.05, 4.69) is 58.7 Å². The van der Waals surface area contributed by atoms with Crippen LogP contribution in [0.25, 0.3) is 0 Å². The molecule has 3 aromatic carbocycles. The number of ether oxygens (including phenoxy) is 2. The molecule has 1 fully saturated rings. The number of nitrogens with zero attached hydrogens (tertiary/aromatic N) is 1. The van der Waals surface area contributed by atoms with Crippen molar-refractivity contribution < 1.29 is 14.6 Å². The third-order valence-corrected chi connectivity index (χ3v) is 8.37. The number of fused-ring (bicyclic) bond motifs is 1. The summed E-state index contributed by atoms with van der Waals surface area (Å²) >= 11 is 0. The number of anilines is 1. The molecule has 0 bridgehead atoms. The van der Waals surface area contributed by atoms with Gasteiger partial charge in [0.2, 0.25) is 0 Å². The second-order valence-electron chi connectivity index (χ2n) is 11.1. The van der Waals surface area contributed by atoms with Gasteiger partial charge in [0.1, 0.15) is 23.9 Å². The van der Waals surface area contributed by atoms with Crippen molar-refractivity contribution in [2.24, 2.45) is 0 Å². The molecule has 0 amide bonds. The van der Waals surface area contributed by atoms with Gasteiger partial charge in [0, 0.05) is 24.8 Å². The zero-order chi connectivity index (χ0) is 26.9. The number of hydrogen-bond donors (Lipinski definition) is 2. The molecule has 3 aromatic rings. The highest BCUT2D eigenvalue weighted by molar-refractivity contribution is 5.57. The van der Waals surface area contributed by atoms with Crippen LogP contribution in [0.15, 0.2) is 60.7 Å². The molecule has 5 rings (SSSR count). The molecule has 5 nitrogen and oxygen atoms in total. The average Bonchev–Trinajstić information content (AvgIpc) is 2.98. The van der Waals surface area contributed by atoms with Crippen LogP contribution < -0.4 is 14.8 Å². The van der Waals surface area contributed by atoms with E-state index >= 15 is 0 Å². The molecule has 0 radical (unpaired) electrons. The Hall–Kier alpha value is -3.18. The molecular formula is C34H44N2O3. The van der Waals surface area contributed by atoms with Gasteiger partial charge in [-0.05, 0) is 123 Å². The summed E-state index contributed by atoms with van der Waals surface area (Å²) in [5.74, 6) is 2.70. The van der Waals surface area contributed by atoms with Crippen LogP contribution in [-0.2, 0) is 19.3 Å². The van der Waals surface area contributed by atoms with Gasteiger partial charge in [0.05, 0.1) is 7.11 Å². The molecule has 0 spiro atoms. The Bertz CT molecular complexity index is 1190. The third-order valence-electron chi connectivity index (χ3n) is 8.37. The maximum Gasteiger partial charge on any atom is 0.120 e. The maximum absolute atomic E-state index is 9.84. The van der Waals surface area contributed by atoms with E-state index in [4.69, 9.17) is 9.47 Å². The lowest BCUT2D eigenvalue weighted by atomic mass is 9.79. The summed E-state index contributed by atoms with van der Waals surface area (Å²) < 4.78 is 11.5. The predicted octanol–water partition coefficient (Wildman–Crippen LogP) is 6.97. The Morgan fingerprint density at radius 1 is 0.897 bits per heavy atom. The Morgan fingerprint density at radius 2 is 1.72 bits per heavy atom. The van der Waals surface area contributed by atoms with Crippen LogP contribution in [0.5, 0.6) is 17.2 Å². The molecular weight excluding hydrogens is 484 g/mol. The third kappa shape index (κ3) is 7.69. The van der Waals surface area contributed by atoms with Crippen LogP contribution in [0, 0.1) is 0 Å². The number of rotatable bonds is 12. The summed E-state index contributed by atoms with van der Waals surface area (Å²) in [6.07, 6.45) is 10.5. The molecule has 1 aliphatic carbocycles.